The van der Waals surface area contributed by atoms with E-state index in [-0.39, 0.29) is 6.04 Å². The Bertz CT molecular complexity index is 558. The molecule has 1 unspecified atom stereocenters. The lowest BCUT2D eigenvalue weighted by atomic mass is 10.1. The molecule has 0 amide bonds. The fraction of sp³-hybridized carbons (Fsp3) is 0.444. The summed E-state index contributed by atoms with van der Waals surface area (Å²) < 4.78 is 5.54. The molecule has 1 fully saturated rings. The van der Waals surface area contributed by atoms with Crippen LogP contribution in [0.1, 0.15) is 41.7 Å². The summed E-state index contributed by atoms with van der Waals surface area (Å²) in [5.74, 6) is 1.84. The number of likely N-dealkylation sites (N-methyl/N-ethyl adjacent to an activating group) is 1. The number of nitrogens with one attached hydrogen (secondary N) is 1. The maximum Gasteiger partial charge on any atom is 0.122 e. The van der Waals surface area contributed by atoms with Gasteiger partial charge in [0.25, 0.3) is 0 Å². The minimum Gasteiger partial charge on any atom is -0.468 e. The second-order valence-electron chi connectivity index (χ2n) is 6.15. The SMILES string of the molecule is CN(C)C(CNCc1cccc(C2CC2)c1)c1ccco1. The number of hydrogen-bond donors (Lipinski definition) is 1. The molecule has 3 heteroatoms. The van der Waals surface area contributed by atoms with E-state index in [9.17, 15) is 0 Å². The first-order chi connectivity index (χ1) is 10.2. The highest BCUT2D eigenvalue weighted by atomic mass is 16.3. The zero-order valence-corrected chi connectivity index (χ0v) is 12.9. The van der Waals surface area contributed by atoms with Crippen molar-refractivity contribution in [3.63, 3.8) is 0 Å². The molecule has 0 radical (unpaired) electrons. The zero-order valence-electron chi connectivity index (χ0n) is 12.9. The largest absolute Gasteiger partial charge is 0.468 e. The van der Waals surface area contributed by atoms with Gasteiger partial charge in [0, 0.05) is 13.1 Å². The molecule has 112 valence electrons. The smallest absolute Gasteiger partial charge is 0.122 e. The van der Waals surface area contributed by atoms with Crippen molar-refractivity contribution in [3.05, 3.63) is 59.5 Å². The Morgan fingerprint density at radius 1 is 1.24 bits per heavy atom. The molecule has 1 heterocycles. The summed E-state index contributed by atoms with van der Waals surface area (Å²) >= 11 is 0. The Labute approximate surface area is 127 Å². The first-order valence-corrected chi connectivity index (χ1v) is 7.73. The van der Waals surface area contributed by atoms with Crippen molar-refractivity contribution in [1.29, 1.82) is 0 Å². The van der Waals surface area contributed by atoms with E-state index in [0.29, 0.717) is 0 Å². The zero-order chi connectivity index (χ0) is 14.7. The summed E-state index contributed by atoms with van der Waals surface area (Å²) in [6.45, 7) is 1.79. The Morgan fingerprint density at radius 2 is 2.10 bits per heavy atom. The second-order valence-corrected chi connectivity index (χ2v) is 6.15. The number of rotatable bonds is 7. The molecule has 0 aliphatic heterocycles. The highest BCUT2D eigenvalue weighted by Gasteiger charge is 2.23. The molecule has 21 heavy (non-hydrogen) atoms. The van der Waals surface area contributed by atoms with Gasteiger partial charge >= 0.3 is 0 Å². The fourth-order valence-corrected chi connectivity index (χ4v) is 2.75. The van der Waals surface area contributed by atoms with E-state index in [1.54, 1.807) is 6.26 Å². The van der Waals surface area contributed by atoms with Gasteiger partial charge in [-0.15, -0.1) is 0 Å². The number of furan rings is 1. The lowest BCUT2D eigenvalue weighted by Crippen LogP contribution is -2.30. The van der Waals surface area contributed by atoms with Gasteiger partial charge in [0.1, 0.15) is 5.76 Å². The Balaban J connectivity index is 1.56. The van der Waals surface area contributed by atoms with Gasteiger partial charge in [0.05, 0.1) is 12.3 Å². The molecule has 3 rings (SSSR count). The quantitative estimate of drug-likeness (QED) is 0.843. The molecular formula is C18H24N2O. The summed E-state index contributed by atoms with van der Waals surface area (Å²) in [7, 11) is 4.17. The van der Waals surface area contributed by atoms with Crippen LogP contribution < -0.4 is 5.32 Å². The van der Waals surface area contributed by atoms with Gasteiger partial charge in [0.15, 0.2) is 0 Å². The summed E-state index contributed by atoms with van der Waals surface area (Å²) in [5.41, 5.74) is 2.88. The van der Waals surface area contributed by atoms with Crippen LogP contribution in [0.3, 0.4) is 0 Å². The van der Waals surface area contributed by atoms with Crippen molar-refractivity contribution in [2.45, 2.75) is 31.3 Å². The number of hydrogen-bond acceptors (Lipinski definition) is 3. The van der Waals surface area contributed by atoms with Crippen LogP contribution in [0.2, 0.25) is 0 Å². The van der Waals surface area contributed by atoms with Crippen molar-refractivity contribution in [2.75, 3.05) is 20.6 Å². The summed E-state index contributed by atoms with van der Waals surface area (Å²) in [5, 5.41) is 3.56. The Morgan fingerprint density at radius 3 is 2.76 bits per heavy atom. The Hall–Kier alpha value is -1.58. The van der Waals surface area contributed by atoms with E-state index in [0.717, 1.165) is 24.8 Å². The third kappa shape index (κ3) is 3.74. The van der Waals surface area contributed by atoms with Crippen LogP contribution in [0.5, 0.6) is 0 Å². The van der Waals surface area contributed by atoms with Crippen LogP contribution in [-0.4, -0.2) is 25.5 Å². The van der Waals surface area contributed by atoms with Crippen molar-refractivity contribution < 1.29 is 4.42 Å². The molecule has 1 aromatic carbocycles. The topological polar surface area (TPSA) is 28.4 Å². The summed E-state index contributed by atoms with van der Waals surface area (Å²) in [6, 6.07) is 13.3. The molecule has 1 aliphatic rings. The highest BCUT2D eigenvalue weighted by molar-refractivity contribution is 5.29. The molecule has 1 N–H and O–H groups in total. The molecule has 1 saturated carbocycles. The van der Waals surface area contributed by atoms with Gasteiger partial charge in [-0.25, -0.2) is 0 Å². The highest BCUT2D eigenvalue weighted by Crippen LogP contribution is 2.40. The average Bonchev–Trinajstić information content (AvgIpc) is 3.20. The monoisotopic (exact) mass is 284 g/mol. The maximum atomic E-state index is 5.54. The van der Waals surface area contributed by atoms with Crippen molar-refractivity contribution >= 4 is 0 Å². The maximum absolute atomic E-state index is 5.54. The van der Waals surface area contributed by atoms with Crippen LogP contribution in [0, 0.1) is 0 Å². The predicted molar refractivity (Wildman–Crippen MR) is 85.3 cm³/mol. The minimum atomic E-state index is 0.270. The van der Waals surface area contributed by atoms with Crippen molar-refractivity contribution in [1.82, 2.24) is 10.2 Å². The average molecular weight is 284 g/mol. The first-order valence-electron chi connectivity index (χ1n) is 7.73. The molecule has 0 saturated heterocycles. The van der Waals surface area contributed by atoms with Crippen LogP contribution in [0.15, 0.2) is 47.1 Å². The van der Waals surface area contributed by atoms with E-state index in [2.05, 4.69) is 48.6 Å². The van der Waals surface area contributed by atoms with Crippen LogP contribution in [0.25, 0.3) is 0 Å². The van der Waals surface area contributed by atoms with E-state index in [1.807, 2.05) is 12.1 Å². The predicted octanol–water partition coefficient (Wildman–Crippen LogP) is 3.55. The standard InChI is InChI=1S/C18H24N2O/c1-20(2)17(18-7-4-10-21-18)13-19-12-14-5-3-6-16(11-14)15-8-9-15/h3-7,10-11,15,17,19H,8-9,12-13H2,1-2H3. The second kappa shape index (κ2) is 6.46. The molecule has 0 spiro atoms. The third-order valence-corrected chi connectivity index (χ3v) is 4.16. The van der Waals surface area contributed by atoms with Crippen LogP contribution in [-0.2, 0) is 6.54 Å². The molecule has 3 nitrogen and oxygen atoms in total. The third-order valence-electron chi connectivity index (χ3n) is 4.16. The molecule has 2 aromatic rings. The van der Waals surface area contributed by atoms with Gasteiger partial charge < -0.3 is 9.73 Å². The fourth-order valence-electron chi connectivity index (χ4n) is 2.75. The number of benzene rings is 1. The van der Waals surface area contributed by atoms with Crippen molar-refractivity contribution in [3.8, 4) is 0 Å². The van der Waals surface area contributed by atoms with E-state index < -0.39 is 0 Å². The van der Waals surface area contributed by atoms with E-state index in [4.69, 9.17) is 4.42 Å². The lowest BCUT2D eigenvalue weighted by Gasteiger charge is -2.22. The molecule has 1 aliphatic carbocycles. The summed E-state index contributed by atoms with van der Waals surface area (Å²) in [4.78, 5) is 2.19. The lowest BCUT2D eigenvalue weighted by molar-refractivity contribution is 0.250. The van der Waals surface area contributed by atoms with Gasteiger partial charge in [-0.2, -0.15) is 0 Å². The Kier molecular flexibility index (Phi) is 4.42. The van der Waals surface area contributed by atoms with Gasteiger partial charge in [-0.3, -0.25) is 4.90 Å². The normalized spacial score (nSPS) is 16.3. The van der Waals surface area contributed by atoms with Gasteiger partial charge in [0.2, 0.25) is 0 Å². The van der Waals surface area contributed by atoms with Crippen LogP contribution in [0.4, 0.5) is 0 Å². The van der Waals surface area contributed by atoms with E-state index in [1.165, 1.54) is 24.0 Å². The molecule has 0 bridgehead atoms. The van der Waals surface area contributed by atoms with E-state index >= 15 is 0 Å². The molecular weight excluding hydrogens is 260 g/mol. The number of nitrogens with zero attached hydrogens (tertiary/aromatic N) is 1. The molecule has 1 aromatic heterocycles. The molecule has 1 atom stereocenters. The van der Waals surface area contributed by atoms with Gasteiger partial charge in [-0.05, 0) is 56.1 Å². The van der Waals surface area contributed by atoms with Crippen molar-refractivity contribution in [2.24, 2.45) is 0 Å². The summed E-state index contributed by atoms with van der Waals surface area (Å²) in [6.07, 6.45) is 4.46. The minimum absolute atomic E-state index is 0.270. The van der Waals surface area contributed by atoms with Gasteiger partial charge in [-0.1, -0.05) is 24.3 Å². The first kappa shape index (κ1) is 14.4. The van der Waals surface area contributed by atoms with Crippen LogP contribution >= 0.6 is 0 Å².